The Hall–Kier alpha value is -4.10. The van der Waals surface area contributed by atoms with Crippen LogP contribution < -0.4 is 15.6 Å². The molecule has 0 radical (unpaired) electrons. The summed E-state index contributed by atoms with van der Waals surface area (Å²) < 4.78 is 40.9. The summed E-state index contributed by atoms with van der Waals surface area (Å²) in [5.74, 6) is 5.78. The number of halogens is 3. The first kappa shape index (κ1) is 21.1. The standard InChI is InChI=1S/C22H16F3N5O2/c1-13-11-29(17-5-6-18(22(23,24)25)16(8-17)12-31)21(32)20-15(10-28-30(13)20)4-2-14-3-7-19(26)27-9-14/h3,5-10,31H,1,11-12H2,(H2,26,27)/p+1. The normalized spacial score (nSPS) is 13.6. The van der Waals surface area contributed by atoms with Crippen LogP contribution in [0.4, 0.5) is 24.7 Å². The molecule has 1 aliphatic rings. The number of alkyl halides is 3. The third-order valence-electron chi connectivity index (χ3n) is 4.91. The molecule has 0 unspecified atom stereocenters. The molecule has 1 aliphatic heterocycles. The number of aliphatic hydroxyl groups excluding tert-OH is 1. The van der Waals surface area contributed by atoms with E-state index >= 15 is 0 Å². The smallest absolute Gasteiger partial charge is 0.392 e. The van der Waals surface area contributed by atoms with Gasteiger partial charge in [0.05, 0.1) is 41.7 Å². The van der Waals surface area contributed by atoms with Gasteiger partial charge in [-0.1, -0.05) is 18.4 Å². The molecule has 0 saturated carbocycles. The van der Waals surface area contributed by atoms with Crippen molar-refractivity contribution in [2.24, 2.45) is 0 Å². The molecule has 0 saturated heterocycles. The van der Waals surface area contributed by atoms with E-state index in [2.05, 4.69) is 28.5 Å². The van der Waals surface area contributed by atoms with E-state index < -0.39 is 24.3 Å². The number of rotatable bonds is 2. The highest BCUT2D eigenvalue weighted by atomic mass is 19.4. The summed E-state index contributed by atoms with van der Waals surface area (Å²) in [6.45, 7) is 3.11. The molecular weight excluding hydrogens is 423 g/mol. The maximum atomic E-state index is 13.2. The first-order valence-electron chi connectivity index (χ1n) is 9.37. The fraction of sp³-hybridized carbons (Fsp3) is 0.136. The van der Waals surface area contributed by atoms with E-state index in [0.29, 0.717) is 22.6 Å². The zero-order valence-corrected chi connectivity index (χ0v) is 16.6. The van der Waals surface area contributed by atoms with Crippen molar-refractivity contribution in [3.05, 3.63) is 77.3 Å². The molecule has 1 amide bonds. The lowest BCUT2D eigenvalue weighted by atomic mass is 10.0. The molecule has 1 aromatic carbocycles. The van der Waals surface area contributed by atoms with Gasteiger partial charge in [-0.3, -0.25) is 10.5 Å². The molecule has 2 aromatic heterocycles. The quantitative estimate of drug-likeness (QED) is 0.598. The topological polar surface area (TPSA) is 98.5 Å². The Kier molecular flexibility index (Phi) is 5.20. The maximum Gasteiger partial charge on any atom is 0.416 e. The van der Waals surface area contributed by atoms with E-state index in [1.165, 1.54) is 21.8 Å². The van der Waals surface area contributed by atoms with Crippen LogP contribution in [0.2, 0.25) is 0 Å². The second-order valence-corrected chi connectivity index (χ2v) is 7.06. The van der Waals surface area contributed by atoms with Crippen LogP contribution in [-0.2, 0) is 12.8 Å². The fourth-order valence-electron chi connectivity index (χ4n) is 3.35. The zero-order chi connectivity index (χ0) is 23.0. The molecule has 0 bridgehead atoms. The van der Waals surface area contributed by atoms with Crippen molar-refractivity contribution in [1.29, 1.82) is 0 Å². The summed E-state index contributed by atoms with van der Waals surface area (Å²) in [5.41, 5.74) is 6.10. The first-order valence-corrected chi connectivity index (χ1v) is 9.37. The highest BCUT2D eigenvalue weighted by molar-refractivity contribution is 6.09. The van der Waals surface area contributed by atoms with E-state index in [9.17, 15) is 23.1 Å². The number of hydrogen-bond donors (Lipinski definition) is 2. The SMILES string of the molecule is C=C1CN(c2ccc(C(F)(F)F)c(CO)c2)C(=O)c2c(C#Cc3ccc(N)[nH+]c3)cnn21. The molecule has 7 nitrogen and oxygen atoms in total. The van der Waals surface area contributed by atoms with Gasteiger partial charge in [0.25, 0.3) is 11.7 Å². The zero-order valence-electron chi connectivity index (χ0n) is 16.6. The molecule has 0 aliphatic carbocycles. The third kappa shape index (κ3) is 3.81. The lowest BCUT2D eigenvalue weighted by Gasteiger charge is -2.29. The van der Waals surface area contributed by atoms with E-state index in [0.717, 1.165) is 12.1 Å². The third-order valence-corrected chi connectivity index (χ3v) is 4.91. The van der Waals surface area contributed by atoms with Gasteiger partial charge in [0.15, 0.2) is 0 Å². The van der Waals surface area contributed by atoms with Gasteiger partial charge in [0.1, 0.15) is 11.9 Å². The average Bonchev–Trinajstić information content (AvgIpc) is 3.20. The number of nitrogens with two attached hydrogens (primary N) is 1. The average molecular weight is 440 g/mol. The molecular formula is C22H17F3N5O2+. The van der Waals surface area contributed by atoms with Gasteiger partial charge in [-0.25, -0.2) is 9.67 Å². The fourth-order valence-corrected chi connectivity index (χ4v) is 3.35. The Morgan fingerprint density at radius 3 is 2.69 bits per heavy atom. The summed E-state index contributed by atoms with van der Waals surface area (Å²) in [6, 6.07) is 6.54. The number of fused-ring (bicyclic) bond motifs is 1. The highest BCUT2D eigenvalue weighted by Crippen LogP contribution is 2.35. The van der Waals surface area contributed by atoms with Crippen LogP contribution in [0.1, 0.15) is 32.7 Å². The molecule has 0 fully saturated rings. The maximum absolute atomic E-state index is 13.2. The van der Waals surface area contributed by atoms with Crippen LogP contribution in [0.3, 0.4) is 0 Å². The number of carbonyl (C=O) groups excluding carboxylic acids is 1. The molecule has 32 heavy (non-hydrogen) atoms. The Balaban J connectivity index is 1.72. The molecule has 162 valence electrons. The number of aromatic amines is 1. The summed E-state index contributed by atoms with van der Waals surface area (Å²) >= 11 is 0. The molecule has 4 rings (SSSR count). The number of benzene rings is 1. The van der Waals surface area contributed by atoms with Gasteiger partial charge in [0, 0.05) is 11.8 Å². The number of nitrogens with one attached hydrogen (secondary N) is 1. The van der Waals surface area contributed by atoms with Gasteiger partial charge in [-0.2, -0.15) is 18.3 Å². The predicted octanol–water partition coefficient (Wildman–Crippen LogP) is 2.32. The summed E-state index contributed by atoms with van der Waals surface area (Å²) in [5, 5.41) is 13.6. The lowest BCUT2D eigenvalue weighted by Crippen LogP contribution is -2.40. The van der Waals surface area contributed by atoms with Crippen LogP contribution in [0.25, 0.3) is 5.70 Å². The van der Waals surface area contributed by atoms with Crippen LogP contribution in [0, 0.1) is 11.8 Å². The first-order chi connectivity index (χ1) is 15.2. The summed E-state index contributed by atoms with van der Waals surface area (Å²) in [6.07, 6.45) is -1.57. The number of nitrogens with zero attached hydrogens (tertiary/aromatic N) is 3. The van der Waals surface area contributed by atoms with Crippen molar-refractivity contribution in [3.63, 3.8) is 0 Å². The van der Waals surface area contributed by atoms with Crippen LogP contribution in [0.15, 0.2) is 49.3 Å². The lowest BCUT2D eigenvalue weighted by molar-refractivity contribution is -0.360. The van der Waals surface area contributed by atoms with Gasteiger partial charge >= 0.3 is 6.18 Å². The van der Waals surface area contributed by atoms with Crippen LogP contribution in [-0.4, -0.2) is 27.3 Å². The van der Waals surface area contributed by atoms with Crippen molar-refractivity contribution in [2.75, 3.05) is 17.2 Å². The number of hydrogen-bond acceptors (Lipinski definition) is 4. The van der Waals surface area contributed by atoms with Crippen molar-refractivity contribution in [1.82, 2.24) is 9.78 Å². The van der Waals surface area contributed by atoms with Gasteiger partial charge in [0.2, 0.25) is 0 Å². The molecule has 3 heterocycles. The molecule has 10 heteroatoms. The summed E-state index contributed by atoms with van der Waals surface area (Å²) in [4.78, 5) is 17.3. The number of amides is 1. The minimum atomic E-state index is -4.62. The van der Waals surface area contributed by atoms with Crippen molar-refractivity contribution >= 4 is 23.1 Å². The minimum Gasteiger partial charge on any atom is -0.392 e. The number of aliphatic hydroxyl groups is 1. The molecule has 4 N–H and O–H groups in total. The van der Waals surface area contributed by atoms with Crippen molar-refractivity contribution < 1.29 is 28.1 Å². The van der Waals surface area contributed by atoms with Gasteiger partial charge in [-0.15, -0.1) is 0 Å². The van der Waals surface area contributed by atoms with Crippen molar-refractivity contribution in [3.8, 4) is 11.8 Å². The summed E-state index contributed by atoms with van der Waals surface area (Å²) in [7, 11) is 0. The van der Waals surface area contributed by atoms with E-state index in [1.807, 2.05) is 0 Å². The van der Waals surface area contributed by atoms with Gasteiger partial charge in [-0.05, 0) is 29.8 Å². The van der Waals surface area contributed by atoms with Crippen LogP contribution in [0.5, 0.6) is 0 Å². The second-order valence-electron chi connectivity index (χ2n) is 7.06. The largest absolute Gasteiger partial charge is 0.416 e. The Bertz CT molecular complexity index is 1280. The number of pyridine rings is 1. The second kappa shape index (κ2) is 7.86. The van der Waals surface area contributed by atoms with E-state index in [4.69, 9.17) is 5.73 Å². The highest BCUT2D eigenvalue weighted by Gasteiger charge is 2.35. The van der Waals surface area contributed by atoms with E-state index in [-0.39, 0.29) is 23.5 Å². The molecule has 0 atom stereocenters. The Morgan fingerprint density at radius 1 is 1.25 bits per heavy atom. The number of H-pyrrole nitrogens is 1. The Labute approximate surface area is 180 Å². The Morgan fingerprint density at radius 2 is 2.03 bits per heavy atom. The molecule has 0 spiro atoms. The van der Waals surface area contributed by atoms with Crippen molar-refractivity contribution in [2.45, 2.75) is 12.8 Å². The van der Waals surface area contributed by atoms with E-state index in [1.54, 1.807) is 18.3 Å². The minimum absolute atomic E-state index is 0.0174. The number of anilines is 2. The molecule has 3 aromatic rings. The number of nitrogen functional groups attached to an aromatic ring is 1. The number of carbonyl (C=O) groups is 1. The van der Waals surface area contributed by atoms with Gasteiger partial charge < -0.3 is 10.0 Å². The number of aromatic nitrogens is 3. The predicted molar refractivity (Wildman–Crippen MR) is 110 cm³/mol. The van der Waals surface area contributed by atoms with Crippen LogP contribution >= 0.6 is 0 Å². The monoisotopic (exact) mass is 440 g/mol.